The molecule has 0 radical (unpaired) electrons. The van der Waals surface area contributed by atoms with Crippen LogP contribution in [0, 0.1) is 0 Å². The van der Waals surface area contributed by atoms with Crippen LogP contribution in [0.3, 0.4) is 0 Å². The lowest BCUT2D eigenvalue weighted by Gasteiger charge is -2.23. The molecular formula is C31H31NO4. The lowest BCUT2D eigenvalue weighted by Crippen LogP contribution is -2.07. The summed E-state index contributed by atoms with van der Waals surface area (Å²) in [4.78, 5) is 12.3. The minimum Gasteiger partial charge on any atom is -0.491 e. The summed E-state index contributed by atoms with van der Waals surface area (Å²) in [5, 5.41) is 1.24. The van der Waals surface area contributed by atoms with Gasteiger partial charge in [0.2, 0.25) is 0 Å². The van der Waals surface area contributed by atoms with E-state index in [4.69, 9.17) is 14.2 Å². The van der Waals surface area contributed by atoms with E-state index in [-0.39, 0.29) is 5.97 Å². The van der Waals surface area contributed by atoms with Gasteiger partial charge in [0.05, 0.1) is 24.9 Å². The van der Waals surface area contributed by atoms with Crippen molar-refractivity contribution in [3.05, 3.63) is 83.4 Å². The first-order valence-corrected chi connectivity index (χ1v) is 12.9. The van der Waals surface area contributed by atoms with Gasteiger partial charge in [0.15, 0.2) is 0 Å². The monoisotopic (exact) mass is 481 g/mol. The number of fused-ring (bicyclic) bond motifs is 5. The van der Waals surface area contributed by atoms with Gasteiger partial charge >= 0.3 is 5.97 Å². The largest absolute Gasteiger partial charge is 0.491 e. The Hall–Kier alpha value is -3.73. The molecule has 2 heterocycles. The fraction of sp³-hybridized carbons (Fsp3) is 0.323. The Bertz CT molecular complexity index is 1400. The first-order valence-electron chi connectivity index (χ1n) is 12.9. The second kappa shape index (κ2) is 9.73. The molecule has 1 aliphatic carbocycles. The Morgan fingerprint density at radius 1 is 1.00 bits per heavy atom. The number of esters is 1. The lowest BCUT2D eigenvalue weighted by molar-refractivity contribution is 0.0601. The highest BCUT2D eigenvalue weighted by Crippen LogP contribution is 2.47. The van der Waals surface area contributed by atoms with Gasteiger partial charge in [-0.25, -0.2) is 4.79 Å². The van der Waals surface area contributed by atoms with Crippen LogP contribution in [0.25, 0.3) is 22.2 Å². The molecule has 36 heavy (non-hydrogen) atoms. The second-order valence-corrected chi connectivity index (χ2v) is 9.75. The maximum Gasteiger partial charge on any atom is 0.337 e. The molecule has 0 amide bonds. The van der Waals surface area contributed by atoms with Crippen LogP contribution in [0.2, 0.25) is 0 Å². The van der Waals surface area contributed by atoms with Crippen molar-refractivity contribution in [3.8, 4) is 22.8 Å². The molecule has 0 spiro atoms. The molecule has 3 aromatic carbocycles. The highest BCUT2D eigenvalue weighted by atomic mass is 16.5. The summed E-state index contributed by atoms with van der Waals surface area (Å²) < 4.78 is 19.8. The molecule has 5 heteroatoms. The van der Waals surface area contributed by atoms with Crippen molar-refractivity contribution < 1.29 is 19.0 Å². The van der Waals surface area contributed by atoms with Crippen LogP contribution in [0.1, 0.15) is 59.5 Å². The fourth-order valence-corrected chi connectivity index (χ4v) is 5.84. The molecule has 0 saturated heterocycles. The van der Waals surface area contributed by atoms with Gasteiger partial charge in [-0.2, -0.15) is 0 Å². The van der Waals surface area contributed by atoms with Crippen LogP contribution in [0.15, 0.2) is 66.7 Å². The van der Waals surface area contributed by atoms with E-state index >= 15 is 0 Å². The van der Waals surface area contributed by atoms with Crippen molar-refractivity contribution in [2.45, 2.75) is 51.2 Å². The first-order chi connectivity index (χ1) is 17.7. The van der Waals surface area contributed by atoms with Crippen LogP contribution in [0.4, 0.5) is 0 Å². The summed E-state index contributed by atoms with van der Waals surface area (Å²) in [5.41, 5.74) is 6.50. The number of benzene rings is 3. The van der Waals surface area contributed by atoms with Gasteiger partial charge in [0.25, 0.3) is 0 Å². The third-order valence-electron chi connectivity index (χ3n) is 7.57. The minimum absolute atomic E-state index is 0.308. The van der Waals surface area contributed by atoms with E-state index in [2.05, 4.69) is 28.8 Å². The van der Waals surface area contributed by atoms with Crippen molar-refractivity contribution in [1.82, 2.24) is 4.57 Å². The van der Waals surface area contributed by atoms with Gasteiger partial charge in [-0.1, -0.05) is 55.7 Å². The van der Waals surface area contributed by atoms with Crippen LogP contribution in [0.5, 0.6) is 11.5 Å². The molecule has 2 aliphatic rings. The van der Waals surface area contributed by atoms with E-state index < -0.39 is 0 Å². The molecule has 1 fully saturated rings. The summed E-state index contributed by atoms with van der Waals surface area (Å²) in [6.07, 6.45) is 6.21. The quantitative estimate of drug-likeness (QED) is 0.285. The highest BCUT2D eigenvalue weighted by Gasteiger charge is 2.29. The predicted octanol–water partition coefficient (Wildman–Crippen LogP) is 7.11. The van der Waals surface area contributed by atoms with Crippen LogP contribution in [-0.4, -0.2) is 24.3 Å². The van der Waals surface area contributed by atoms with Gasteiger partial charge in [0, 0.05) is 22.5 Å². The fourth-order valence-electron chi connectivity index (χ4n) is 5.84. The smallest absolute Gasteiger partial charge is 0.337 e. The normalized spacial score (nSPS) is 15.5. The molecule has 4 aromatic rings. The zero-order chi connectivity index (χ0) is 24.5. The zero-order valence-corrected chi connectivity index (χ0v) is 20.7. The number of aromatic nitrogens is 1. The molecule has 184 valence electrons. The standard InChI is InChI=1S/C31H31NO4/c1-34-31(33)23-12-14-25-27(18-23)32-16-17-35-28-19-24(36-20-21-8-4-2-5-9-21)13-15-26(28)30(32)29(25)22-10-6-3-7-11-22/h2,4-5,8-9,12-15,18-19,22H,3,6-7,10-11,16-17,20H2,1H3. The Morgan fingerprint density at radius 3 is 2.64 bits per heavy atom. The maximum atomic E-state index is 12.3. The summed E-state index contributed by atoms with van der Waals surface area (Å²) in [5.74, 6) is 1.85. The minimum atomic E-state index is -0.308. The van der Waals surface area contributed by atoms with Crippen LogP contribution in [-0.2, 0) is 17.9 Å². The van der Waals surface area contributed by atoms with Gasteiger partial charge in [-0.05, 0) is 54.2 Å². The van der Waals surface area contributed by atoms with E-state index in [1.165, 1.54) is 55.9 Å². The molecule has 0 unspecified atom stereocenters. The molecule has 0 N–H and O–H groups in total. The van der Waals surface area contributed by atoms with Gasteiger partial charge in [-0.3, -0.25) is 0 Å². The number of hydrogen-bond donors (Lipinski definition) is 0. The Balaban J connectivity index is 1.46. The summed E-state index contributed by atoms with van der Waals surface area (Å²) >= 11 is 0. The first kappa shape index (κ1) is 22.7. The van der Waals surface area contributed by atoms with Crippen LogP contribution >= 0.6 is 0 Å². The maximum absolute atomic E-state index is 12.3. The zero-order valence-electron chi connectivity index (χ0n) is 20.7. The molecular weight excluding hydrogens is 450 g/mol. The topological polar surface area (TPSA) is 49.7 Å². The van der Waals surface area contributed by atoms with Crippen molar-refractivity contribution in [2.24, 2.45) is 0 Å². The Labute approximate surface area is 211 Å². The van der Waals surface area contributed by atoms with E-state index in [1.807, 2.05) is 42.5 Å². The molecule has 0 atom stereocenters. The van der Waals surface area contributed by atoms with Gasteiger partial charge in [-0.15, -0.1) is 0 Å². The summed E-state index contributed by atoms with van der Waals surface area (Å²) in [6.45, 7) is 1.79. The molecule has 5 nitrogen and oxygen atoms in total. The number of methoxy groups -OCH3 is 1. The molecule has 1 aliphatic heterocycles. The Morgan fingerprint density at radius 2 is 1.83 bits per heavy atom. The van der Waals surface area contributed by atoms with E-state index in [0.717, 1.165) is 34.7 Å². The van der Waals surface area contributed by atoms with Crippen molar-refractivity contribution >= 4 is 16.9 Å². The average Bonchev–Trinajstić information content (AvgIpc) is 3.13. The number of carbonyl (C=O) groups is 1. The highest BCUT2D eigenvalue weighted by molar-refractivity contribution is 5.99. The number of nitrogens with zero attached hydrogens (tertiary/aromatic N) is 1. The van der Waals surface area contributed by atoms with Crippen LogP contribution < -0.4 is 9.47 Å². The number of ether oxygens (including phenoxy) is 3. The number of carbonyl (C=O) groups excluding carboxylic acids is 1. The second-order valence-electron chi connectivity index (χ2n) is 9.75. The van der Waals surface area contributed by atoms with Crippen molar-refractivity contribution in [2.75, 3.05) is 13.7 Å². The number of rotatable bonds is 5. The molecule has 6 rings (SSSR count). The lowest BCUT2D eigenvalue weighted by atomic mass is 9.81. The SMILES string of the molecule is COC(=O)c1ccc2c(C3CCCCC3)c3n(c2c1)CCOc1cc(OCc2ccccc2)ccc1-3. The van der Waals surface area contributed by atoms with Gasteiger partial charge < -0.3 is 18.8 Å². The van der Waals surface area contributed by atoms with Crippen molar-refractivity contribution in [3.63, 3.8) is 0 Å². The Kier molecular flexibility index (Phi) is 6.14. The summed E-state index contributed by atoms with van der Waals surface area (Å²) in [6, 6.07) is 22.4. The van der Waals surface area contributed by atoms with Crippen molar-refractivity contribution in [1.29, 1.82) is 0 Å². The van der Waals surface area contributed by atoms with E-state index in [9.17, 15) is 4.79 Å². The number of hydrogen-bond acceptors (Lipinski definition) is 4. The average molecular weight is 482 g/mol. The molecule has 0 bridgehead atoms. The van der Waals surface area contributed by atoms with E-state index in [1.54, 1.807) is 0 Å². The molecule has 1 aromatic heterocycles. The summed E-state index contributed by atoms with van der Waals surface area (Å²) in [7, 11) is 1.43. The van der Waals surface area contributed by atoms with Gasteiger partial charge in [0.1, 0.15) is 24.7 Å². The predicted molar refractivity (Wildman–Crippen MR) is 141 cm³/mol. The third-order valence-corrected chi connectivity index (χ3v) is 7.57. The van der Waals surface area contributed by atoms with E-state index in [0.29, 0.717) is 24.7 Å². The molecule has 1 saturated carbocycles. The third kappa shape index (κ3) is 4.13.